The van der Waals surface area contributed by atoms with E-state index in [1.165, 1.54) is 86.7 Å². The molecule has 45 nitrogen and oxygen atoms in total. The number of alkyl halides is 1. The van der Waals surface area contributed by atoms with Crippen molar-refractivity contribution >= 4 is 91.8 Å². The Morgan fingerprint density at radius 1 is 0.488 bits per heavy atom. The Balaban J connectivity index is 0.000000315. The summed E-state index contributed by atoms with van der Waals surface area (Å²) < 4.78 is 13.7. The molecule has 5 saturated carbocycles. The zero-order valence-corrected chi connectivity index (χ0v) is 70.2. The van der Waals surface area contributed by atoms with Crippen LogP contribution in [-0.4, -0.2) is 163 Å². The van der Waals surface area contributed by atoms with Crippen LogP contribution in [0.4, 0.5) is 28.4 Å². The molecule has 125 heavy (non-hydrogen) atoms. The largest absolute Gasteiger partial charge is 1.00 e. The molecule has 0 aromatic carbocycles. The summed E-state index contributed by atoms with van der Waals surface area (Å²) in [7, 11) is 2.66. The topological polar surface area (TPSA) is 714 Å². The van der Waals surface area contributed by atoms with Gasteiger partial charge in [0.05, 0.1) is 63.8 Å². The summed E-state index contributed by atoms with van der Waals surface area (Å²) >= 11 is 3.27. The second-order valence-electron chi connectivity index (χ2n) is 30.4. The quantitative estimate of drug-likeness (QED) is 0.00972. The Morgan fingerprint density at radius 2 is 0.808 bits per heavy atom. The minimum Gasteiger partial charge on any atom is -0.870 e. The number of nitrogen functional groups attached to an aromatic ring is 1. The van der Waals surface area contributed by atoms with Gasteiger partial charge in [-0.1, -0.05) is 80.1 Å². The van der Waals surface area contributed by atoms with Crippen molar-refractivity contribution in [1.29, 1.82) is 15.8 Å². The number of aliphatic carboxylic acids is 1. The smallest absolute Gasteiger partial charge is 0.870 e. The molecule has 0 radical (unpaired) electrons. The fourth-order valence-corrected chi connectivity index (χ4v) is 14.1. The first kappa shape index (κ1) is 105. The zero-order valence-electron chi connectivity index (χ0n) is 68.6. The number of amides is 5. The van der Waals surface area contributed by atoms with Crippen LogP contribution in [0.1, 0.15) is 159 Å². The number of halogens is 1. The Labute approximate surface area is 732 Å². The minimum atomic E-state index is -1.13. The van der Waals surface area contributed by atoms with Crippen molar-refractivity contribution in [3.63, 3.8) is 0 Å². The Kier molecular flexibility index (Phi) is 42.5. The van der Waals surface area contributed by atoms with E-state index < -0.39 is 130 Å². The number of nitrogens with zero attached hydrogens (tertiary/aromatic N) is 11. The van der Waals surface area contributed by atoms with Crippen molar-refractivity contribution in [3.8, 4) is 18.2 Å². The SMILES string of the molecule is COC(=O)[C@H](Br)CC1CC1.COC(=O)[C@H](CC1CC1)n1cccc([N+](=O)[O-])c1=O.N#C[C@@H](N)C[C@@H]1CCNC1=O.N#C[C@H](C[C@@H]1CCNC1=O)NC(=O)[C@H](CC1CC1)n1cccc(N)c1=O.N#C[C@H](C[C@@H]1CCNC1=O)NC(=O)[C@H](CC1CC1)n1cccc([N+](=O)[O-])c1=O.O.O=C(O)[C@H](CC1CC1)n1cccc([N+](=O)[O-])c1=O.O=c1[nH]cccc1[N+](=O)[O-].[Li+].[OH-]. The number of pyridine rings is 5. The number of carboxylic acid groups (broad SMARTS) is 1. The number of anilines is 1. The molecule has 8 aliphatic rings. The van der Waals surface area contributed by atoms with Crippen LogP contribution in [-0.2, 0) is 47.8 Å². The maximum absolute atomic E-state index is 12.9. The van der Waals surface area contributed by atoms with Crippen LogP contribution in [0.5, 0.6) is 0 Å². The van der Waals surface area contributed by atoms with Gasteiger partial charge in [0.25, 0.3) is 5.56 Å². The van der Waals surface area contributed by atoms with Crippen LogP contribution in [0.25, 0.3) is 0 Å². The van der Waals surface area contributed by atoms with Gasteiger partial charge in [-0.15, -0.1) is 0 Å². The molecule has 0 bridgehead atoms. The van der Waals surface area contributed by atoms with E-state index in [-0.39, 0.29) is 106 Å². The van der Waals surface area contributed by atoms with E-state index in [4.69, 9.17) is 21.8 Å². The van der Waals surface area contributed by atoms with Gasteiger partial charge in [-0.25, -0.2) is 9.59 Å². The van der Waals surface area contributed by atoms with Crippen LogP contribution in [0.2, 0.25) is 0 Å². The number of hydrogen-bond donors (Lipinski definition) is 9. The van der Waals surface area contributed by atoms with Crippen LogP contribution in [0.15, 0.2) is 116 Å². The number of aromatic amines is 1. The van der Waals surface area contributed by atoms with E-state index >= 15 is 0 Å². The number of ether oxygens (including phenoxy) is 2. The van der Waals surface area contributed by atoms with Crippen molar-refractivity contribution in [2.24, 2.45) is 53.1 Å². The van der Waals surface area contributed by atoms with E-state index in [0.29, 0.717) is 75.8 Å². The summed E-state index contributed by atoms with van der Waals surface area (Å²) in [5.41, 5.74) is 5.42. The summed E-state index contributed by atoms with van der Waals surface area (Å²) in [5.74, 6) is -1.45. The van der Waals surface area contributed by atoms with E-state index in [0.717, 1.165) is 115 Å². The molecule has 8 heterocycles. The van der Waals surface area contributed by atoms with Gasteiger partial charge in [-0.05, 0) is 137 Å². The normalized spacial score (nSPS) is 18.5. The number of carboxylic acids is 1. The van der Waals surface area contributed by atoms with Crippen molar-refractivity contribution in [2.75, 3.05) is 39.6 Å². The second kappa shape index (κ2) is 50.8. The molecule has 3 saturated heterocycles. The summed E-state index contributed by atoms with van der Waals surface area (Å²) in [6.07, 6.45) is 23.0. The van der Waals surface area contributed by atoms with Crippen LogP contribution < -0.4 is 84.7 Å². The molecular weight excluding hydrogens is 1710 g/mol. The summed E-state index contributed by atoms with van der Waals surface area (Å²) in [6, 6.07) is 13.4. The van der Waals surface area contributed by atoms with Crippen LogP contribution >= 0.6 is 15.9 Å². The predicted molar refractivity (Wildman–Crippen MR) is 440 cm³/mol. The Bertz CT molecular complexity index is 5080. The van der Waals surface area contributed by atoms with Crippen molar-refractivity contribution in [2.45, 2.75) is 182 Å². The molecule has 11 atom stereocenters. The summed E-state index contributed by atoms with van der Waals surface area (Å²) in [6.45, 7) is 1.86. The number of nitro groups is 4. The third-order valence-corrected chi connectivity index (χ3v) is 21.8. The van der Waals surface area contributed by atoms with Gasteiger partial charge in [-0.3, -0.25) is 107 Å². The van der Waals surface area contributed by atoms with Gasteiger partial charge in [0.2, 0.25) is 29.5 Å². The minimum absolute atomic E-state index is 0. The third-order valence-electron chi connectivity index (χ3n) is 21.0. The average Bonchev–Trinajstić information content (AvgIpc) is 1.37. The second-order valence-corrected chi connectivity index (χ2v) is 31.5. The number of rotatable bonds is 31. The molecule has 47 heteroatoms. The van der Waals surface area contributed by atoms with E-state index in [1.54, 1.807) is 12.3 Å². The van der Waals surface area contributed by atoms with E-state index in [9.17, 15) is 113 Å². The molecule has 5 aromatic heterocycles. The van der Waals surface area contributed by atoms with Crippen molar-refractivity contribution in [3.05, 3.63) is 184 Å². The number of aromatic nitrogens is 5. The number of carbonyl (C=O) groups is 8. The third kappa shape index (κ3) is 32.8. The number of hydrogen-bond acceptors (Lipinski definition) is 29. The zero-order chi connectivity index (χ0) is 89.6. The Hall–Kier alpha value is -12.7. The number of H-pyrrole nitrogens is 1. The number of carbonyl (C=O) groups excluding carboxylic acids is 7. The maximum atomic E-state index is 12.9. The fraction of sp³-hybridized carbons (Fsp3) is 0.538. The average molecular weight is 1810 g/mol. The van der Waals surface area contributed by atoms with Crippen LogP contribution in [0.3, 0.4) is 0 Å². The first-order valence-electron chi connectivity index (χ1n) is 39.4. The van der Waals surface area contributed by atoms with E-state index in [2.05, 4.69) is 63.0 Å². The molecule has 14 N–H and O–H groups in total. The molecule has 5 aliphatic carbocycles. The molecule has 13 rings (SSSR count). The van der Waals surface area contributed by atoms with Crippen molar-refractivity contribution < 1.29 is 102 Å². The van der Waals surface area contributed by atoms with Gasteiger partial charge in [0.15, 0.2) is 0 Å². The molecule has 3 aliphatic heterocycles. The number of nitrogens with one attached hydrogen (secondary N) is 6. The van der Waals surface area contributed by atoms with Crippen LogP contribution in [0, 0.1) is 122 Å². The fourth-order valence-electron chi connectivity index (χ4n) is 13.4. The number of esters is 2. The molecule has 0 unspecified atom stereocenters. The molecule has 8 fully saturated rings. The number of nitriles is 3. The molecule has 0 spiro atoms. The molecule has 5 amide bonds. The van der Waals surface area contributed by atoms with Gasteiger partial charge in [0, 0.05) is 92.6 Å². The standard InChI is InChI=1S/C18H21N5O5.C18H23N5O3.C12H14N2O5.C11H12N2O5.C7H11BrO2.C7H11N3O.C5H4N2O3.Li.2H2O/c19-10-13(9-12-5-6-20-16(12)24)21-17(25)15(8-11-3-4-11)22-7-1-2-14(18(22)26)23(27)28;19-10-13(9-12-5-6-21-16(12)24)22-17(25)15(8-11-3-4-11)23-7-1-2-14(20)18(23)26;1-19-12(16)10(7-8-4-5-8)13-6-2-3-9(11(13)15)14(17)18;14-10-8(13(17)18)2-1-5-12(10)9(11(15)16)6-7-3-4-7;1-10-7(9)6(8)4-5-2-3-5;8-4-6(9)3-5-1-2-10-7(5)11;8-5-4(7(9)10)2-1-3-6-5;;;/h1-2,7,11-13,15H,3-6,8-9H2,(H,20,24)(H,21,25);1-2,7,11-13,15H,3-6,8-9,20H2,(H,21,24)(H,22,25);2-3,6,8,10H,4-5,7H2,1H3;1-2,5,7,9H,3-4,6H2,(H,15,16);5-6H,2-4H2,1H3;5-6H,1-3,9H2,(H,10,11);1-3H,(H,6,8);;2*1H2/q;;;;;;;+1;;/p-1/t2*12-,13-,15-;10-;9-;6-;5-,6-;;;;/m000010..../s1. The van der Waals surface area contributed by atoms with E-state index in [1.807, 2.05) is 12.1 Å². The number of methoxy groups -OCH3 is 2. The molecule has 670 valence electrons. The maximum Gasteiger partial charge on any atom is 1.00 e. The first-order chi connectivity index (χ1) is 58.1. The predicted octanol–water partition coefficient (Wildman–Crippen LogP) is 0.764. The van der Waals surface area contributed by atoms with Gasteiger partial charge in [-0.2, -0.15) is 15.8 Å². The monoisotopic (exact) mass is 1800 g/mol. The first-order valence-corrected chi connectivity index (χ1v) is 40.3. The summed E-state index contributed by atoms with van der Waals surface area (Å²) in [5, 5.41) is 92.2. The number of nitrogens with two attached hydrogens (primary N) is 2. The molecule has 5 aromatic rings. The van der Waals surface area contributed by atoms with Gasteiger partial charge >= 0.3 is 81.8 Å². The van der Waals surface area contributed by atoms with Gasteiger partial charge < -0.3 is 73.1 Å². The van der Waals surface area contributed by atoms with Gasteiger partial charge in [0.1, 0.15) is 41.1 Å². The Morgan fingerprint density at radius 3 is 1.12 bits per heavy atom. The van der Waals surface area contributed by atoms with Crippen molar-refractivity contribution in [1.82, 2.24) is 49.8 Å². The molecular formula is C78H99BrLiN19O26. The summed E-state index contributed by atoms with van der Waals surface area (Å²) in [4.78, 5) is 195.